The van der Waals surface area contributed by atoms with Crippen LogP contribution in [-0.2, 0) is 4.74 Å². The van der Waals surface area contributed by atoms with E-state index >= 15 is 0 Å². The zero-order chi connectivity index (χ0) is 9.97. The van der Waals surface area contributed by atoms with E-state index in [1.165, 1.54) is 0 Å². The lowest BCUT2D eigenvalue weighted by atomic mass is 10.3. The Bertz CT molecular complexity index is 321. The molecule has 1 unspecified atom stereocenters. The third-order valence-electron chi connectivity index (χ3n) is 2.10. The molecule has 1 aromatic carbocycles. The highest BCUT2D eigenvalue weighted by Crippen LogP contribution is 2.35. The van der Waals surface area contributed by atoms with E-state index in [1.807, 2.05) is 6.07 Å². The third kappa shape index (κ3) is 2.01. The van der Waals surface area contributed by atoms with Crippen LogP contribution in [0, 0.1) is 0 Å². The highest BCUT2D eigenvalue weighted by Gasteiger charge is 2.18. The van der Waals surface area contributed by atoms with E-state index in [1.54, 1.807) is 12.1 Å². The third-order valence-corrected chi connectivity index (χ3v) is 2.74. The first-order valence-electron chi connectivity index (χ1n) is 4.53. The molecule has 0 radical (unpaired) electrons. The normalized spacial score (nSPS) is 21.1. The van der Waals surface area contributed by atoms with Gasteiger partial charge in [-0.25, -0.2) is 0 Å². The molecule has 1 saturated heterocycles. The Labute approximate surface area is 90.8 Å². The quantitative estimate of drug-likeness (QED) is 0.887. The number of rotatable bonds is 2. The number of hydrogen-bond donors (Lipinski definition) is 1. The average molecular weight is 259 g/mol. The predicted octanol–water partition coefficient (Wildman–Crippen LogP) is 2.67. The molecule has 1 aliphatic heterocycles. The van der Waals surface area contributed by atoms with E-state index in [9.17, 15) is 5.11 Å². The molecule has 1 N–H and O–H groups in total. The van der Waals surface area contributed by atoms with Gasteiger partial charge in [0.25, 0.3) is 0 Å². The molecule has 1 aliphatic rings. The highest BCUT2D eigenvalue weighted by molar-refractivity contribution is 9.10. The summed E-state index contributed by atoms with van der Waals surface area (Å²) in [6, 6.07) is 5.30. The molecule has 1 aromatic rings. The van der Waals surface area contributed by atoms with Crippen LogP contribution in [0.1, 0.15) is 12.8 Å². The van der Waals surface area contributed by atoms with Gasteiger partial charge in [0.15, 0.2) is 17.8 Å². The van der Waals surface area contributed by atoms with Crippen molar-refractivity contribution in [1.29, 1.82) is 0 Å². The molecule has 14 heavy (non-hydrogen) atoms. The zero-order valence-corrected chi connectivity index (χ0v) is 9.16. The lowest BCUT2D eigenvalue weighted by molar-refractivity contribution is -0.0403. The van der Waals surface area contributed by atoms with Gasteiger partial charge in [-0.15, -0.1) is 0 Å². The number of para-hydroxylation sites is 1. The van der Waals surface area contributed by atoms with E-state index in [0.717, 1.165) is 19.4 Å². The second kappa shape index (κ2) is 4.19. The fourth-order valence-electron chi connectivity index (χ4n) is 1.37. The van der Waals surface area contributed by atoms with Gasteiger partial charge in [-0.1, -0.05) is 6.07 Å². The molecule has 4 heteroatoms. The Morgan fingerprint density at radius 3 is 3.07 bits per heavy atom. The standard InChI is InChI=1S/C10H11BrO3/c11-7-3-1-4-8(10(7)12)14-9-5-2-6-13-9/h1,3-4,9,12H,2,5-6H2. The van der Waals surface area contributed by atoms with E-state index in [-0.39, 0.29) is 12.0 Å². The molecule has 0 saturated carbocycles. The largest absolute Gasteiger partial charge is 0.503 e. The SMILES string of the molecule is Oc1c(Br)cccc1OC1CCCO1. The van der Waals surface area contributed by atoms with E-state index in [2.05, 4.69) is 15.9 Å². The summed E-state index contributed by atoms with van der Waals surface area (Å²) in [6.07, 6.45) is 1.68. The van der Waals surface area contributed by atoms with Crippen molar-refractivity contribution in [2.45, 2.75) is 19.1 Å². The van der Waals surface area contributed by atoms with Gasteiger partial charge in [0.2, 0.25) is 0 Å². The summed E-state index contributed by atoms with van der Waals surface area (Å²) in [5.41, 5.74) is 0. The molecule has 3 nitrogen and oxygen atoms in total. The van der Waals surface area contributed by atoms with Crippen molar-refractivity contribution in [3.63, 3.8) is 0 Å². The molecule has 0 aliphatic carbocycles. The number of phenolic OH excluding ortho intramolecular Hbond substituents is 1. The van der Waals surface area contributed by atoms with Crippen LogP contribution < -0.4 is 4.74 Å². The molecule has 2 rings (SSSR count). The Kier molecular flexibility index (Phi) is 2.93. The first kappa shape index (κ1) is 9.80. The first-order valence-corrected chi connectivity index (χ1v) is 5.32. The van der Waals surface area contributed by atoms with Gasteiger partial charge in [0, 0.05) is 6.42 Å². The molecule has 0 spiro atoms. The van der Waals surface area contributed by atoms with Crippen LogP contribution in [0.4, 0.5) is 0 Å². The topological polar surface area (TPSA) is 38.7 Å². The first-order chi connectivity index (χ1) is 6.77. The molecular formula is C10H11BrO3. The zero-order valence-electron chi connectivity index (χ0n) is 7.57. The smallest absolute Gasteiger partial charge is 0.200 e. The molecule has 76 valence electrons. The maximum absolute atomic E-state index is 9.63. The van der Waals surface area contributed by atoms with Crippen molar-refractivity contribution >= 4 is 15.9 Å². The van der Waals surface area contributed by atoms with Crippen LogP contribution in [0.2, 0.25) is 0 Å². The second-order valence-corrected chi connectivity index (χ2v) is 4.00. The minimum atomic E-state index is -0.213. The minimum absolute atomic E-state index is 0.128. The van der Waals surface area contributed by atoms with Gasteiger partial charge in [-0.3, -0.25) is 0 Å². The second-order valence-electron chi connectivity index (χ2n) is 3.15. The highest BCUT2D eigenvalue weighted by atomic mass is 79.9. The summed E-state index contributed by atoms with van der Waals surface area (Å²) in [5.74, 6) is 0.592. The summed E-state index contributed by atoms with van der Waals surface area (Å²) in [4.78, 5) is 0. The number of hydrogen-bond acceptors (Lipinski definition) is 3. The fourth-order valence-corrected chi connectivity index (χ4v) is 1.72. The van der Waals surface area contributed by atoms with Crippen LogP contribution in [0.25, 0.3) is 0 Å². The van der Waals surface area contributed by atoms with Crippen LogP contribution in [-0.4, -0.2) is 18.0 Å². The van der Waals surface area contributed by atoms with E-state index in [0.29, 0.717) is 10.2 Å². The molecule has 0 aromatic heterocycles. The van der Waals surface area contributed by atoms with Crippen LogP contribution in [0.15, 0.2) is 22.7 Å². The lowest BCUT2D eigenvalue weighted by Gasteiger charge is -2.13. The van der Waals surface area contributed by atoms with Crippen LogP contribution in [0.5, 0.6) is 11.5 Å². The van der Waals surface area contributed by atoms with Crippen LogP contribution >= 0.6 is 15.9 Å². The fraction of sp³-hybridized carbons (Fsp3) is 0.400. The molecule has 0 amide bonds. The molecular weight excluding hydrogens is 248 g/mol. The average Bonchev–Trinajstić information content (AvgIpc) is 2.66. The number of benzene rings is 1. The summed E-state index contributed by atoms with van der Waals surface area (Å²) < 4.78 is 11.4. The van der Waals surface area contributed by atoms with Gasteiger partial charge >= 0.3 is 0 Å². The van der Waals surface area contributed by atoms with Gasteiger partial charge in [0.1, 0.15) is 0 Å². The van der Waals surface area contributed by atoms with Gasteiger partial charge in [-0.2, -0.15) is 0 Å². The Balaban J connectivity index is 2.11. The van der Waals surface area contributed by atoms with Crippen molar-refractivity contribution < 1.29 is 14.6 Å². The molecule has 1 heterocycles. The van der Waals surface area contributed by atoms with Crippen LogP contribution in [0.3, 0.4) is 0 Å². The number of halogens is 1. The molecule has 1 fully saturated rings. The monoisotopic (exact) mass is 258 g/mol. The molecule has 0 bridgehead atoms. The summed E-state index contributed by atoms with van der Waals surface area (Å²) in [7, 11) is 0. The van der Waals surface area contributed by atoms with E-state index in [4.69, 9.17) is 9.47 Å². The van der Waals surface area contributed by atoms with Crippen molar-refractivity contribution in [2.24, 2.45) is 0 Å². The maximum Gasteiger partial charge on any atom is 0.200 e. The number of aromatic hydroxyl groups is 1. The lowest BCUT2D eigenvalue weighted by Crippen LogP contribution is -2.13. The Morgan fingerprint density at radius 2 is 2.36 bits per heavy atom. The predicted molar refractivity (Wildman–Crippen MR) is 55.4 cm³/mol. The molecule has 1 atom stereocenters. The van der Waals surface area contributed by atoms with Crippen molar-refractivity contribution in [3.05, 3.63) is 22.7 Å². The van der Waals surface area contributed by atoms with E-state index < -0.39 is 0 Å². The van der Waals surface area contributed by atoms with Gasteiger partial charge < -0.3 is 14.6 Å². The van der Waals surface area contributed by atoms with Crippen molar-refractivity contribution in [1.82, 2.24) is 0 Å². The number of ether oxygens (including phenoxy) is 2. The summed E-state index contributed by atoms with van der Waals surface area (Å²) in [6.45, 7) is 0.736. The van der Waals surface area contributed by atoms with Gasteiger partial charge in [-0.05, 0) is 34.5 Å². The van der Waals surface area contributed by atoms with Gasteiger partial charge in [0.05, 0.1) is 11.1 Å². The number of phenols is 1. The Hall–Kier alpha value is -0.740. The minimum Gasteiger partial charge on any atom is -0.503 e. The summed E-state index contributed by atoms with van der Waals surface area (Å²) in [5, 5.41) is 9.63. The van der Waals surface area contributed by atoms with Crippen molar-refractivity contribution in [3.8, 4) is 11.5 Å². The Morgan fingerprint density at radius 1 is 1.50 bits per heavy atom. The maximum atomic E-state index is 9.63. The van der Waals surface area contributed by atoms with Crippen molar-refractivity contribution in [2.75, 3.05) is 6.61 Å². The summed E-state index contributed by atoms with van der Waals surface area (Å²) >= 11 is 3.22.